The van der Waals surface area contributed by atoms with Gasteiger partial charge in [-0.2, -0.15) is 4.99 Å². The minimum absolute atomic E-state index is 0.000244. The summed E-state index contributed by atoms with van der Waals surface area (Å²) in [6.45, 7) is 14.5. The quantitative estimate of drug-likeness (QED) is 0.584. The molecule has 0 aromatic rings. The van der Waals surface area contributed by atoms with Gasteiger partial charge in [0.1, 0.15) is 11.9 Å². The van der Waals surface area contributed by atoms with E-state index in [9.17, 15) is 4.79 Å². The van der Waals surface area contributed by atoms with Crippen LogP contribution in [0, 0.1) is 5.41 Å². The summed E-state index contributed by atoms with van der Waals surface area (Å²) in [5, 5.41) is 0. The lowest BCUT2D eigenvalue weighted by Crippen LogP contribution is -2.46. The van der Waals surface area contributed by atoms with Crippen molar-refractivity contribution in [2.45, 2.75) is 53.1 Å². The van der Waals surface area contributed by atoms with Gasteiger partial charge in [0.05, 0.1) is 13.2 Å². The van der Waals surface area contributed by atoms with Crippen molar-refractivity contribution in [3.8, 4) is 0 Å². The maximum Gasteiger partial charge on any atom is 0.435 e. The Kier molecular flexibility index (Phi) is 7.04. The monoisotopic (exact) mass is 339 g/mol. The van der Waals surface area contributed by atoms with Gasteiger partial charge >= 0.3 is 6.09 Å². The Labute approximate surface area is 146 Å². The zero-order valence-electron chi connectivity index (χ0n) is 15.7. The van der Waals surface area contributed by atoms with Crippen LogP contribution in [0.1, 0.15) is 47.0 Å². The molecular weight excluding hydrogens is 306 g/mol. The van der Waals surface area contributed by atoms with Gasteiger partial charge in [0, 0.05) is 31.6 Å². The summed E-state index contributed by atoms with van der Waals surface area (Å²) in [6.07, 6.45) is 2.54. The molecule has 1 amide bonds. The third-order valence-corrected chi connectivity index (χ3v) is 4.52. The molecular formula is C18H33N3O3. The second-order valence-corrected chi connectivity index (χ2v) is 7.71. The lowest BCUT2D eigenvalue weighted by atomic mass is 9.93. The van der Waals surface area contributed by atoms with E-state index in [1.807, 2.05) is 0 Å². The van der Waals surface area contributed by atoms with Crippen LogP contribution in [0.25, 0.3) is 0 Å². The molecule has 0 radical (unpaired) electrons. The first kappa shape index (κ1) is 19.2. The molecule has 0 atom stereocenters. The maximum atomic E-state index is 12.3. The highest BCUT2D eigenvalue weighted by molar-refractivity contribution is 5.95. The van der Waals surface area contributed by atoms with E-state index in [0.29, 0.717) is 13.2 Å². The standard InChI is InChI=1S/C18H33N3O3/c1-5-8-20-9-6-15(7-10-20)24-17(22)19-16(18(2,3)4)21-11-13-23-14-12-21/h15H,5-14H2,1-4H3/b19-16-. The van der Waals surface area contributed by atoms with Crippen molar-refractivity contribution in [3.63, 3.8) is 0 Å². The van der Waals surface area contributed by atoms with Gasteiger partial charge in [-0.15, -0.1) is 0 Å². The third kappa shape index (κ3) is 5.74. The third-order valence-electron chi connectivity index (χ3n) is 4.52. The number of nitrogens with zero attached hydrogens (tertiary/aromatic N) is 3. The van der Waals surface area contributed by atoms with Crippen molar-refractivity contribution in [3.05, 3.63) is 0 Å². The van der Waals surface area contributed by atoms with E-state index in [1.165, 1.54) is 6.42 Å². The largest absolute Gasteiger partial charge is 0.444 e. The van der Waals surface area contributed by atoms with Crippen molar-refractivity contribution in [1.82, 2.24) is 9.80 Å². The van der Waals surface area contributed by atoms with Crippen molar-refractivity contribution < 1.29 is 14.3 Å². The number of hydrogen-bond acceptors (Lipinski definition) is 4. The zero-order chi connectivity index (χ0) is 17.6. The molecule has 2 rings (SSSR count). The Hall–Kier alpha value is -1.14. The molecule has 2 fully saturated rings. The van der Waals surface area contributed by atoms with Gasteiger partial charge in [-0.3, -0.25) is 0 Å². The van der Waals surface area contributed by atoms with Crippen LogP contribution in [0.4, 0.5) is 4.79 Å². The molecule has 0 bridgehead atoms. The number of morpholine rings is 1. The van der Waals surface area contributed by atoms with Crippen LogP contribution in [0.15, 0.2) is 4.99 Å². The molecule has 0 unspecified atom stereocenters. The predicted molar refractivity (Wildman–Crippen MR) is 95.5 cm³/mol. The number of amides is 1. The molecule has 0 aliphatic carbocycles. The molecule has 138 valence electrons. The smallest absolute Gasteiger partial charge is 0.435 e. The van der Waals surface area contributed by atoms with E-state index in [1.54, 1.807) is 0 Å². The van der Waals surface area contributed by atoms with Crippen LogP contribution in [0.3, 0.4) is 0 Å². The van der Waals surface area contributed by atoms with Gasteiger partial charge in [0.2, 0.25) is 0 Å². The normalized spacial score (nSPS) is 21.8. The van der Waals surface area contributed by atoms with Crippen LogP contribution in [-0.4, -0.2) is 73.8 Å². The second-order valence-electron chi connectivity index (χ2n) is 7.71. The van der Waals surface area contributed by atoms with E-state index in [0.717, 1.165) is 51.4 Å². The Morgan fingerprint density at radius 2 is 1.79 bits per heavy atom. The number of likely N-dealkylation sites (tertiary alicyclic amines) is 1. The number of hydrogen-bond donors (Lipinski definition) is 0. The van der Waals surface area contributed by atoms with Crippen molar-refractivity contribution >= 4 is 11.9 Å². The summed E-state index contributed by atoms with van der Waals surface area (Å²) in [7, 11) is 0. The molecule has 2 aliphatic heterocycles. The van der Waals surface area contributed by atoms with E-state index < -0.39 is 6.09 Å². The first-order valence-corrected chi connectivity index (χ1v) is 9.25. The fourth-order valence-corrected chi connectivity index (χ4v) is 3.31. The number of ether oxygens (including phenoxy) is 2. The second kappa shape index (κ2) is 8.81. The number of amidine groups is 1. The van der Waals surface area contributed by atoms with E-state index in [4.69, 9.17) is 9.47 Å². The highest BCUT2D eigenvalue weighted by Crippen LogP contribution is 2.21. The van der Waals surface area contributed by atoms with E-state index in [2.05, 4.69) is 42.5 Å². The predicted octanol–water partition coefficient (Wildman–Crippen LogP) is 2.77. The number of aliphatic imine (C=N–C) groups is 1. The molecule has 0 saturated carbocycles. The summed E-state index contributed by atoms with van der Waals surface area (Å²) in [6, 6.07) is 0. The highest BCUT2D eigenvalue weighted by atomic mass is 16.6. The van der Waals surface area contributed by atoms with Crippen molar-refractivity contribution in [2.75, 3.05) is 45.9 Å². The van der Waals surface area contributed by atoms with Gasteiger partial charge in [-0.1, -0.05) is 27.7 Å². The van der Waals surface area contributed by atoms with Gasteiger partial charge in [-0.25, -0.2) is 4.79 Å². The summed E-state index contributed by atoms with van der Waals surface area (Å²) in [4.78, 5) is 21.3. The molecule has 0 aromatic carbocycles. The summed E-state index contributed by atoms with van der Waals surface area (Å²) >= 11 is 0. The first-order chi connectivity index (χ1) is 11.4. The summed E-state index contributed by atoms with van der Waals surface area (Å²) in [5.41, 5.74) is -0.194. The lowest BCUT2D eigenvalue weighted by molar-refractivity contribution is 0.0540. The molecule has 0 spiro atoms. The molecule has 0 aromatic heterocycles. The molecule has 0 N–H and O–H groups in total. The molecule has 6 nitrogen and oxygen atoms in total. The fraction of sp³-hybridized carbons (Fsp3) is 0.889. The summed E-state index contributed by atoms with van der Waals surface area (Å²) in [5.74, 6) is 0.805. The zero-order valence-corrected chi connectivity index (χ0v) is 15.7. The fourth-order valence-electron chi connectivity index (χ4n) is 3.31. The number of carbonyl (C=O) groups is 1. The number of rotatable bonds is 3. The number of carbonyl (C=O) groups excluding carboxylic acids is 1. The van der Waals surface area contributed by atoms with Gasteiger partial charge in [0.25, 0.3) is 0 Å². The summed E-state index contributed by atoms with van der Waals surface area (Å²) < 4.78 is 11.0. The topological polar surface area (TPSA) is 54.4 Å². The Balaban J connectivity index is 1.92. The average Bonchev–Trinajstić information content (AvgIpc) is 2.54. The minimum atomic E-state index is -0.444. The first-order valence-electron chi connectivity index (χ1n) is 9.25. The Morgan fingerprint density at radius 1 is 1.17 bits per heavy atom. The molecule has 2 saturated heterocycles. The average molecular weight is 339 g/mol. The maximum absolute atomic E-state index is 12.3. The van der Waals surface area contributed by atoms with Crippen LogP contribution in [-0.2, 0) is 9.47 Å². The van der Waals surface area contributed by atoms with E-state index in [-0.39, 0.29) is 11.5 Å². The molecule has 6 heteroatoms. The van der Waals surface area contributed by atoms with Crippen LogP contribution < -0.4 is 0 Å². The lowest BCUT2D eigenvalue weighted by Gasteiger charge is -2.36. The van der Waals surface area contributed by atoms with Crippen molar-refractivity contribution in [1.29, 1.82) is 0 Å². The Morgan fingerprint density at radius 3 is 2.33 bits per heavy atom. The van der Waals surface area contributed by atoms with Crippen LogP contribution in [0.2, 0.25) is 0 Å². The van der Waals surface area contributed by atoms with Gasteiger partial charge < -0.3 is 19.3 Å². The highest BCUT2D eigenvalue weighted by Gasteiger charge is 2.29. The van der Waals surface area contributed by atoms with Crippen molar-refractivity contribution in [2.24, 2.45) is 10.4 Å². The van der Waals surface area contributed by atoms with Crippen LogP contribution >= 0.6 is 0 Å². The molecule has 24 heavy (non-hydrogen) atoms. The van der Waals surface area contributed by atoms with E-state index >= 15 is 0 Å². The molecule has 2 heterocycles. The Bertz CT molecular complexity index is 431. The minimum Gasteiger partial charge on any atom is -0.444 e. The van der Waals surface area contributed by atoms with Gasteiger partial charge in [0.15, 0.2) is 0 Å². The van der Waals surface area contributed by atoms with Crippen LogP contribution in [0.5, 0.6) is 0 Å². The SMILES string of the molecule is CCCN1CCC(OC(=O)/N=C(\N2CCOCC2)C(C)(C)C)CC1. The number of piperidine rings is 1. The molecule has 2 aliphatic rings. The van der Waals surface area contributed by atoms with Gasteiger partial charge in [-0.05, 0) is 25.8 Å².